The van der Waals surface area contributed by atoms with Crippen LogP contribution in [0.3, 0.4) is 0 Å². The number of likely N-dealkylation sites (N-methyl/N-ethyl adjacent to an activating group) is 1. The minimum absolute atomic E-state index is 0.188. The molecule has 1 saturated heterocycles. The van der Waals surface area contributed by atoms with Gasteiger partial charge in [0.1, 0.15) is 0 Å². The van der Waals surface area contributed by atoms with Crippen LogP contribution in [0, 0.1) is 5.92 Å². The first-order valence-electron chi connectivity index (χ1n) is 3.23. The Balaban J connectivity index is 2.47. The van der Waals surface area contributed by atoms with Gasteiger partial charge in [-0.1, -0.05) is 6.08 Å². The molecule has 0 spiro atoms. The molecule has 2 atom stereocenters. The van der Waals surface area contributed by atoms with E-state index >= 15 is 0 Å². The van der Waals surface area contributed by atoms with Crippen molar-refractivity contribution < 1.29 is 5.11 Å². The number of hydrogen-bond donors (Lipinski definition) is 1. The molecule has 0 radical (unpaired) electrons. The van der Waals surface area contributed by atoms with E-state index in [1.54, 1.807) is 0 Å². The van der Waals surface area contributed by atoms with E-state index in [9.17, 15) is 5.11 Å². The van der Waals surface area contributed by atoms with E-state index in [1.165, 1.54) is 0 Å². The standard InChI is InChI=1S/C7H13NO/c1-3-6-4-8(2)5-7(6)9/h3,6-7,9H,1,4-5H2,2H3/t6-,7-/m0/s1. The third-order valence-electron chi connectivity index (χ3n) is 1.82. The molecule has 1 heterocycles. The third-order valence-corrected chi connectivity index (χ3v) is 1.82. The Morgan fingerprint density at radius 2 is 2.33 bits per heavy atom. The van der Waals surface area contributed by atoms with Crippen LogP contribution in [-0.2, 0) is 0 Å². The molecular weight excluding hydrogens is 114 g/mol. The zero-order chi connectivity index (χ0) is 6.85. The van der Waals surface area contributed by atoms with Gasteiger partial charge in [0.15, 0.2) is 0 Å². The molecule has 0 aromatic carbocycles. The zero-order valence-corrected chi connectivity index (χ0v) is 5.75. The lowest BCUT2D eigenvalue weighted by molar-refractivity contribution is 0.160. The fourth-order valence-corrected chi connectivity index (χ4v) is 1.24. The summed E-state index contributed by atoms with van der Waals surface area (Å²) in [5.41, 5.74) is 0. The van der Waals surface area contributed by atoms with Crippen LogP contribution in [0.4, 0.5) is 0 Å². The van der Waals surface area contributed by atoms with Crippen molar-refractivity contribution in [1.29, 1.82) is 0 Å². The lowest BCUT2D eigenvalue weighted by Gasteiger charge is -2.04. The Labute approximate surface area is 55.8 Å². The van der Waals surface area contributed by atoms with Gasteiger partial charge in [-0.05, 0) is 7.05 Å². The van der Waals surface area contributed by atoms with Crippen LogP contribution in [-0.4, -0.2) is 36.2 Å². The fourth-order valence-electron chi connectivity index (χ4n) is 1.24. The first-order valence-corrected chi connectivity index (χ1v) is 3.23. The van der Waals surface area contributed by atoms with Crippen LogP contribution < -0.4 is 0 Å². The van der Waals surface area contributed by atoms with Crippen LogP contribution >= 0.6 is 0 Å². The molecule has 9 heavy (non-hydrogen) atoms. The van der Waals surface area contributed by atoms with Crippen molar-refractivity contribution in [2.24, 2.45) is 5.92 Å². The molecule has 1 aliphatic rings. The Morgan fingerprint density at radius 3 is 2.56 bits per heavy atom. The summed E-state index contributed by atoms with van der Waals surface area (Å²) in [6, 6.07) is 0. The number of aliphatic hydroxyl groups excluding tert-OH is 1. The van der Waals surface area contributed by atoms with E-state index in [4.69, 9.17) is 0 Å². The molecular formula is C7H13NO. The van der Waals surface area contributed by atoms with Crippen LogP contribution in [0.5, 0.6) is 0 Å². The lowest BCUT2D eigenvalue weighted by atomic mass is 10.1. The Bertz CT molecular complexity index is 113. The van der Waals surface area contributed by atoms with Gasteiger partial charge < -0.3 is 10.0 Å². The maximum Gasteiger partial charge on any atom is 0.0741 e. The van der Waals surface area contributed by atoms with Crippen molar-refractivity contribution in [3.05, 3.63) is 12.7 Å². The topological polar surface area (TPSA) is 23.5 Å². The van der Waals surface area contributed by atoms with E-state index in [2.05, 4.69) is 11.5 Å². The van der Waals surface area contributed by atoms with Crippen molar-refractivity contribution in [3.63, 3.8) is 0 Å². The van der Waals surface area contributed by atoms with E-state index in [0.29, 0.717) is 0 Å². The van der Waals surface area contributed by atoms with Crippen LogP contribution in [0.1, 0.15) is 0 Å². The van der Waals surface area contributed by atoms with Gasteiger partial charge in [0.05, 0.1) is 6.10 Å². The smallest absolute Gasteiger partial charge is 0.0741 e. The Morgan fingerprint density at radius 1 is 1.67 bits per heavy atom. The first kappa shape index (κ1) is 6.78. The lowest BCUT2D eigenvalue weighted by Crippen LogP contribution is -2.16. The molecule has 2 nitrogen and oxygen atoms in total. The maximum atomic E-state index is 9.25. The number of likely N-dealkylation sites (tertiary alicyclic amines) is 1. The highest BCUT2D eigenvalue weighted by atomic mass is 16.3. The largest absolute Gasteiger partial charge is 0.391 e. The molecule has 1 N–H and O–H groups in total. The normalized spacial score (nSPS) is 37.1. The molecule has 0 unspecified atom stereocenters. The molecule has 0 aromatic rings. The fraction of sp³-hybridized carbons (Fsp3) is 0.714. The molecule has 1 fully saturated rings. The average molecular weight is 127 g/mol. The second-order valence-electron chi connectivity index (χ2n) is 2.69. The van der Waals surface area contributed by atoms with Gasteiger partial charge in [-0.2, -0.15) is 0 Å². The number of β-amino-alcohol motifs (C(OH)–C–C–N with tert-alkyl or cyclic N) is 1. The number of aliphatic hydroxyl groups is 1. The molecule has 0 saturated carbocycles. The summed E-state index contributed by atoms with van der Waals surface area (Å²) in [7, 11) is 2.01. The number of rotatable bonds is 1. The summed E-state index contributed by atoms with van der Waals surface area (Å²) in [6.45, 7) is 5.38. The molecule has 52 valence electrons. The second kappa shape index (κ2) is 2.50. The molecule has 0 aromatic heterocycles. The Hall–Kier alpha value is -0.340. The molecule has 1 rings (SSSR count). The van der Waals surface area contributed by atoms with Gasteiger partial charge in [0, 0.05) is 19.0 Å². The molecule has 0 amide bonds. The number of hydrogen-bond acceptors (Lipinski definition) is 2. The van der Waals surface area contributed by atoms with Gasteiger partial charge in [-0.25, -0.2) is 0 Å². The zero-order valence-electron chi connectivity index (χ0n) is 5.75. The van der Waals surface area contributed by atoms with Gasteiger partial charge in [-0.15, -0.1) is 6.58 Å². The van der Waals surface area contributed by atoms with Gasteiger partial charge >= 0.3 is 0 Å². The van der Waals surface area contributed by atoms with E-state index < -0.39 is 0 Å². The van der Waals surface area contributed by atoms with Crippen LogP contribution in [0.2, 0.25) is 0 Å². The molecule has 1 aliphatic heterocycles. The van der Waals surface area contributed by atoms with E-state index in [0.717, 1.165) is 13.1 Å². The summed E-state index contributed by atoms with van der Waals surface area (Å²) in [5, 5.41) is 9.25. The molecule has 2 heteroatoms. The monoisotopic (exact) mass is 127 g/mol. The predicted molar refractivity (Wildman–Crippen MR) is 37.2 cm³/mol. The van der Waals surface area contributed by atoms with Gasteiger partial charge in [0.25, 0.3) is 0 Å². The second-order valence-corrected chi connectivity index (χ2v) is 2.69. The predicted octanol–water partition coefficient (Wildman–Crippen LogP) is 0.0949. The Kier molecular flexibility index (Phi) is 1.88. The summed E-state index contributed by atoms with van der Waals surface area (Å²) in [6.07, 6.45) is 1.64. The quantitative estimate of drug-likeness (QED) is 0.505. The minimum Gasteiger partial charge on any atom is -0.391 e. The highest BCUT2D eigenvalue weighted by molar-refractivity contribution is 4.92. The summed E-state index contributed by atoms with van der Waals surface area (Å²) in [5.74, 6) is 0.287. The average Bonchev–Trinajstić information content (AvgIpc) is 2.10. The van der Waals surface area contributed by atoms with Crippen molar-refractivity contribution >= 4 is 0 Å². The highest BCUT2D eigenvalue weighted by Gasteiger charge is 2.25. The van der Waals surface area contributed by atoms with Crippen molar-refractivity contribution in [3.8, 4) is 0 Å². The SMILES string of the molecule is C=C[C@H]1CN(C)C[C@@H]1O. The van der Waals surface area contributed by atoms with E-state index in [1.807, 2.05) is 13.1 Å². The first-order chi connectivity index (χ1) is 4.24. The van der Waals surface area contributed by atoms with Gasteiger partial charge in [-0.3, -0.25) is 0 Å². The van der Waals surface area contributed by atoms with Gasteiger partial charge in [0.2, 0.25) is 0 Å². The summed E-state index contributed by atoms with van der Waals surface area (Å²) < 4.78 is 0. The molecule has 0 bridgehead atoms. The van der Waals surface area contributed by atoms with Crippen molar-refractivity contribution in [2.75, 3.05) is 20.1 Å². The van der Waals surface area contributed by atoms with Crippen molar-refractivity contribution in [2.45, 2.75) is 6.10 Å². The maximum absolute atomic E-state index is 9.25. The third kappa shape index (κ3) is 1.32. The molecule has 0 aliphatic carbocycles. The van der Waals surface area contributed by atoms with Crippen LogP contribution in [0.15, 0.2) is 12.7 Å². The minimum atomic E-state index is -0.188. The summed E-state index contributed by atoms with van der Waals surface area (Å²) >= 11 is 0. The van der Waals surface area contributed by atoms with E-state index in [-0.39, 0.29) is 12.0 Å². The van der Waals surface area contributed by atoms with Crippen molar-refractivity contribution in [1.82, 2.24) is 4.90 Å². The highest BCUT2D eigenvalue weighted by Crippen LogP contribution is 2.15. The number of nitrogens with zero attached hydrogens (tertiary/aromatic N) is 1. The summed E-state index contributed by atoms with van der Waals surface area (Å²) in [4.78, 5) is 2.11. The van der Waals surface area contributed by atoms with Crippen LogP contribution in [0.25, 0.3) is 0 Å².